The normalized spacial score (nSPS) is 16.2. The van der Waals surface area contributed by atoms with Crippen LogP contribution in [-0.2, 0) is 4.79 Å². The first kappa shape index (κ1) is 16.1. The fraction of sp³-hybridized carbons (Fsp3) is 0.211. The van der Waals surface area contributed by atoms with Crippen molar-refractivity contribution in [1.29, 1.82) is 0 Å². The number of para-hydroxylation sites is 2. The van der Waals surface area contributed by atoms with Crippen molar-refractivity contribution in [2.24, 2.45) is 0 Å². The molecule has 1 aliphatic rings. The summed E-state index contributed by atoms with van der Waals surface area (Å²) in [4.78, 5) is 13.7. The van der Waals surface area contributed by atoms with Gasteiger partial charge >= 0.3 is 0 Å². The Bertz CT molecular complexity index is 760. The lowest BCUT2D eigenvalue weighted by Crippen LogP contribution is -2.41. The van der Waals surface area contributed by atoms with Gasteiger partial charge in [0.05, 0.1) is 6.54 Å². The molecule has 3 rings (SSSR count). The van der Waals surface area contributed by atoms with E-state index < -0.39 is 0 Å². The molecular weight excluding hydrogens is 309 g/mol. The van der Waals surface area contributed by atoms with Crippen molar-refractivity contribution < 1.29 is 18.7 Å². The SMILES string of the molecule is CN(CC1COc2ccccc2O1)C(=O)/C=C/c1ccccc1F. The second-order valence-corrected chi connectivity index (χ2v) is 5.57. The third kappa shape index (κ3) is 3.74. The summed E-state index contributed by atoms with van der Waals surface area (Å²) in [6.07, 6.45) is 2.59. The van der Waals surface area contributed by atoms with Crippen molar-refractivity contribution in [2.75, 3.05) is 20.2 Å². The molecule has 1 unspecified atom stereocenters. The summed E-state index contributed by atoms with van der Waals surface area (Å²) < 4.78 is 25.0. The largest absolute Gasteiger partial charge is 0.486 e. The molecule has 1 amide bonds. The number of hydrogen-bond donors (Lipinski definition) is 0. The maximum absolute atomic E-state index is 13.5. The van der Waals surface area contributed by atoms with Crippen LogP contribution in [0.3, 0.4) is 0 Å². The van der Waals surface area contributed by atoms with Crippen molar-refractivity contribution in [3.63, 3.8) is 0 Å². The number of carbonyl (C=O) groups excluding carboxylic acids is 1. The average molecular weight is 327 g/mol. The van der Waals surface area contributed by atoms with E-state index in [0.717, 1.165) is 0 Å². The lowest BCUT2D eigenvalue weighted by atomic mass is 10.2. The zero-order valence-electron chi connectivity index (χ0n) is 13.3. The molecule has 124 valence electrons. The second-order valence-electron chi connectivity index (χ2n) is 5.57. The van der Waals surface area contributed by atoms with Gasteiger partial charge < -0.3 is 14.4 Å². The zero-order chi connectivity index (χ0) is 16.9. The molecule has 4 nitrogen and oxygen atoms in total. The molecule has 1 heterocycles. The van der Waals surface area contributed by atoms with E-state index in [-0.39, 0.29) is 17.8 Å². The number of fused-ring (bicyclic) bond motifs is 1. The topological polar surface area (TPSA) is 38.8 Å². The van der Waals surface area contributed by atoms with Gasteiger partial charge in [0.15, 0.2) is 17.6 Å². The third-order valence-electron chi connectivity index (χ3n) is 3.73. The summed E-state index contributed by atoms with van der Waals surface area (Å²) in [6, 6.07) is 13.7. The van der Waals surface area contributed by atoms with E-state index in [2.05, 4.69) is 0 Å². The quantitative estimate of drug-likeness (QED) is 0.810. The van der Waals surface area contributed by atoms with Gasteiger partial charge in [-0.15, -0.1) is 0 Å². The smallest absolute Gasteiger partial charge is 0.246 e. The van der Waals surface area contributed by atoms with Gasteiger partial charge in [0.2, 0.25) is 5.91 Å². The Morgan fingerprint density at radius 1 is 1.21 bits per heavy atom. The second kappa shape index (κ2) is 7.17. The Morgan fingerprint density at radius 3 is 2.71 bits per heavy atom. The number of ether oxygens (including phenoxy) is 2. The Hall–Kier alpha value is -2.82. The minimum atomic E-state index is -0.357. The molecule has 2 aromatic rings. The van der Waals surface area contributed by atoms with Crippen molar-refractivity contribution in [1.82, 2.24) is 4.90 Å². The van der Waals surface area contributed by atoms with Gasteiger partial charge in [0, 0.05) is 18.7 Å². The molecule has 2 aromatic carbocycles. The number of amides is 1. The van der Waals surface area contributed by atoms with E-state index in [9.17, 15) is 9.18 Å². The van der Waals surface area contributed by atoms with Crippen molar-refractivity contribution >= 4 is 12.0 Å². The van der Waals surface area contributed by atoms with Gasteiger partial charge in [-0.25, -0.2) is 4.39 Å². The molecule has 1 aliphatic heterocycles. The van der Waals surface area contributed by atoms with Crippen LogP contribution in [0.15, 0.2) is 54.6 Å². The van der Waals surface area contributed by atoms with Crippen LogP contribution in [0.5, 0.6) is 11.5 Å². The minimum absolute atomic E-state index is 0.222. The van der Waals surface area contributed by atoms with Gasteiger partial charge in [-0.1, -0.05) is 30.3 Å². The molecule has 5 heteroatoms. The summed E-state index contributed by atoms with van der Waals surface area (Å²) in [5.74, 6) is 0.809. The van der Waals surface area contributed by atoms with Crippen molar-refractivity contribution in [3.05, 3.63) is 66.0 Å². The van der Waals surface area contributed by atoms with Crippen LogP contribution in [-0.4, -0.2) is 37.1 Å². The highest BCUT2D eigenvalue weighted by Gasteiger charge is 2.23. The lowest BCUT2D eigenvalue weighted by Gasteiger charge is -2.29. The lowest BCUT2D eigenvalue weighted by molar-refractivity contribution is -0.126. The first-order valence-electron chi connectivity index (χ1n) is 7.69. The Labute approximate surface area is 140 Å². The predicted octanol–water partition coefficient (Wildman–Crippen LogP) is 3.14. The number of likely N-dealkylation sites (N-methyl/N-ethyl adjacent to an activating group) is 1. The Kier molecular flexibility index (Phi) is 4.79. The summed E-state index contributed by atoms with van der Waals surface area (Å²) in [7, 11) is 1.68. The third-order valence-corrected chi connectivity index (χ3v) is 3.73. The molecule has 0 fully saturated rings. The molecule has 24 heavy (non-hydrogen) atoms. The summed E-state index contributed by atoms with van der Waals surface area (Å²) >= 11 is 0. The minimum Gasteiger partial charge on any atom is -0.486 e. The van der Waals surface area contributed by atoms with Crippen molar-refractivity contribution in [2.45, 2.75) is 6.10 Å². The maximum Gasteiger partial charge on any atom is 0.246 e. The molecule has 0 saturated heterocycles. The van der Waals surface area contributed by atoms with Gasteiger partial charge in [0.25, 0.3) is 0 Å². The summed E-state index contributed by atoms with van der Waals surface area (Å²) in [6.45, 7) is 0.764. The van der Waals surface area contributed by atoms with Crippen LogP contribution >= 0.6 is 0 Å². The van der Waals surface area contributed by atoms with E-state index in [1.165, 1.54) is 23.1 Å². The fourth-order valence-corrected chi connectivity index (χ4v) is 2.45. The highest BCUT2D eigenvalue weighted by molar-refractivity contribution is 5.91. The molecule has 0 N–H and O–H groups in total. The van der Waals surface area contributed by atoms with Crippen LogP contribution < -0.4 is 9.47 Å². The average Bonchev–Trinajstić information content (AvgIpc) is 2.60. The molecule has 0 aromatic heterocycles. The zero-order valence-corrected chi connectivity index (χ0v) is 13.3. The molecule has 0 saturated carbocycles. The molecule has 0 spiro atoms. The van der Waals surface area contributed by atoms with Gasteiger partial charge in [-0.2, -0.15) is 0 Å². The maximum atomic E-state index is 13.5. The van der Waals surface area contributed by atoms with E-state index in [4.69, 9.17) is 9.47 Å². The number of hydrogen-bond acceptors (Lipinski definition) is 3. The Balaban J connectivity index is 1.58. The number of nitrogens with zero attached hydrogens (tertiary/aromatic N) is 1. The van der Waals surface area contributed by atoms with Crippen molar-refractivity contribution in [3.8, 4) is 11.5 Å². The first-order chi connectivity index (χ1) is 11.6. The van der Waals surface area contributed by atoms with Gasteiger partial charge in [-0.3, -0.25) is 4.79 Å². The number of carbonyl (C=O) groups is 1. The van der Waals surface area contributed by atoms with Gasteiger partial charge in [0.1, 0.15) is 12.4 Å². The van der Waals surface area contributed by atoms with Crippen LogP contribution in [0, 0.1) is 5.82 Å². The van der Waals surface area contributed by atoms with Crippen LogP contribution in [0.25, 0.3) is 6.08 Å². The number of benzene rings is 2. The number of rotatable bonds is 4. The summed E-state index contributed by atoms with van der Waals surface area (Å²) in [5.41, 5.74) is 0.380. The van der Waals surface area contributed by atoms with E-state index in [1.54, 1.807) is 25.2 Å². The molecule has 0 bridgehead atoms. The molecule has 0 aliphatic carbocycles. The van der Waals surface area contributed by atoms with Crippen LogP contribution in [0.4, 0.5) is 4.39 Å². The molecular formula is C19H18FNO3. The highest BCUT2D eigenvalue weighted by Crippen LogP contribution is 2.30. The van der Waals surface area contributed by atoms with E-state index in [0.29, 0.717) is 30.2 Å². The monoisotopic (exact) mass is 327 g/mol. The summed E-state index contributed by atoms with van der Waals surface area (Å²) in [5, 5.41) is 0. The predicted molar refractivity (Wildman–Crippen MR) is 89.4 cm³/mol. The van der Waals surface area contributed by atoms with E-state index >= 15 is 0 Å². The Morgan fingerprint density at radius 2 is 1.92 bits per heavy atom. The molecule has 1 atom stereocenters. The number of halogens is 1. The first-order valence-corrected chi connectivity index (χ1v) is 7.69. The fourth-order valence-electron chi connectivity index (χ4n) is 2.45. The van der Waals surface area contributed by atoms with E-state index in [1.807, 2.05) is 24.3 Å². The van der Waals surface area contributed by atoms with Gasteiger partial charge in [-0.05, 0) is 24.3 Å². The highest BCUT2D eigenvalue weighted by atomic mass is 19.1. The molecule has 0 radical (unpaired) electrons. The standard InChI is InChI=1S/C19H18FNO3/c1-21(19(22)11-10-14-6-2-3-7-16(14)20)12-15-13-23-17-8-4-5-9-18(17)24-15/h2-11,15H,12-13H2,1H3/b11-10+. The van der Waals surface area contributed by atoms with Crippen LogP contribution in [0.1, 0.15) is 5.56 Å². The van der Waals surface area contributed by atoms with Crippen LogP contribution in [0.2, 0.25) is 0 Å².